The minimum absolute atomic E-state index is 0.211. The fourth-order valence-electron chi connectivity index (χ4n) is 2.44. The van der Waals surface area contributed by atoms with Crippen LogP contribution >= 0.6 is 0 Å². The monoisotopic (exact) mass is 322 g/mol. The van der Waals surface area contributed by atoms with Gasteiger partial charge in [0.2, 0.25) is 5.96 Å². The fraction of sp³-hybridized carbons (Fsp3) is 0.167. The second-order valence-corrected chi connectivity index (χ2v) is 5.44. The number of amides is 1. The number of benzene rings is 2. The molecule has 5 nitrogen and oxygen atoms in total. The van der Waals surface area contributed by atoms with Crippen molar-refractivity contribution in [1.82, 2.24) is 4.90 Å². The smallest absolute Gasteiger partial charge is 0.260 e. The number of nitriles is 1. The van der Waals surface area contributed by atoms with Crippen LogP contribution in [0.3, 0.4) is 0 Å². The summed E-state index contributed by atoms with van der Waals surface area (Å²) in [6.45, 7) is 2.79. The van der Waals surface area contributed by atoms with Crippen molar-refractivity contribution in [2.24, 2.45) is 4.99 Å². The molecule has 0 saturated carbocycles. The number of carbonyl (C=O) groups excluding carboxylic acids is 1. The lowest BCUT2D eigenvalue weighted by molar-refractivity contribution is 0.0858. The summed E-state index contributed by atoms with van der Waals surface area (Å²) in [5, 5.41) is 11.9. The van der Waals surface area contributed by atoms with Gasteiger partial charge in [0.1, 0.15) is 5.82 Å². The summed E-state index contributed by atoms with van der Waals surface area (Å²) in [7, 11) is 0. The quantitative estimate of drug-likeness (QED) is 0.924. The van der Waals surface area contributed by atoms with Gasteiger partial charge in [-0.2, -0.15) is 5.26 Å². The molecule has 1 heterocycles. The zero-order chi connectivity index (χ0) is 17.1. The molecule has 0 aromatic heterocycles. The first kappa shape index (κ1) is 15.7. The van der Waals surface area contributed by atoms with E-state index in [1.54, 1.807) is 30.3 Å². The van der Waals surface area contributed by atoms with Crippen molar-refractivity contribution < 1.29 is 9.18 Å². The number of aliphatic imine (C=N–C) groups is 1. The Balaban J connectivity index is 1.81. The van der Waals surface area contributed by atoms with Crippen molar-refractivity contribution in [2.75, 3.05) is 18.4 Å². The van der Waals surface area contributed by atoms with E-state index < -0.39 is 0 Å². The third-order valence-electron chi connectivity index (χ3n) is 3.79. The van der Waals surface area contributed by atoms with Crippen molar-refractivity contribution in [1.29, 1.82) is 5.26 Å². The van der Waals surface area contributed by atoms with E-state index in [1.165, 1.54) is 17.0 Å². The summed E-state index contributed by atoms with van der Waals surface area (Å²) < 4.78 is 13.4. The highest BCUT2D eigenvalue weighted by Crippen LogP contribution is 2.18. The topological polar surface area (TPSA) is 68.5 Å². The molecule has 1 aliphatic heterocycles. The second kappa shape index (κ2) is 6.50. The van der Waals surface area contributed by atoms with Gasteiger partial charge in [0, 0.05) is 17.8 Å². The van der Waals surface area contributed by atoms with Crippen LogP contribution in [-0.4, -0.2) is 29.9 Å². The Bertz CT molecular complexity index is 852. The van der Waals surface area contributed by atoms with E-state index >= 15 is 0 Å². The molecule has 0 bridgehead atoms. The Kier molecular flexibility index (Phi) is 4.25. The number of hydrogen-bond acceptors (Lipinski definition) is 4. The van der Waals surface area contributed by atoms with Crippen LogP contribution in [0.15, 0.2) is 47.5 Å². The van der Waals surface area contributed by atoms with Gasteiger partial charge in [0.25, 0.3) is 5.91 Å². The maximum atomic E-state index is 13.4. The number of anilines is 1. The first-order valence-corrected chi connectivity index (χ1v) is 7.48. The van der Waals surface area contributed by atoms with E-state index in [0.29, 0.717) is 35.9 Å². The Morgan fingerprint density at radius 3 is 2.75 bits per heavy atom. The van der Waals surface area contributed by atoms with Gasteiger partial charge >= 0.3 is 0 Å². The molecule has 1 amide bonds. The molecule has 0 atom stereocenters. The number of guanidine groups is 1. The van der Waals surface area contributed by atoms with E-state index in [2.05, 4.69) is 10.3 Å². The van der Waals surface area contributed by atoms with Crippen molar-refractivity contribution in [3.8, 4) is 6.07 Å². The van der Waals surface area contributed by atoms with Gasteiger partial charge in [-0.3, -0.25) is 14.7 Å². The lowest BCUT2D eigenvalue weighted by atomic mass is 10.1. The summed E-state index contributed by atoms with van der Waals surface area (Å²) in [6, 6.07) is 12.9. The molecule has 0 spiro atoms. The Hall–Kier alpha value is -3.20. The van der Waals surface area contributed by atoms with E-state index in [-0.39, 0.29) is 11.7 Å². The predicted molar refractivity (Wildman–Crippen MR) is 89.3 cm³/mol. The van der Waals surface area contributed by atoms with Gasteiger partial charge in [-0.15, -0.1) is 0 Å². The molecule has 3 rings (SSSR count). The Morgan fingerprint density at radius 1 is 1.29 bits per heavy atom. The molecule has 1 aliphatic rings. The van der Waals surface area contributed by atoms with Crippen LogP contribution in [0.25, 0.3) is 0 Å². The normalized spacial score (nSPS) is 13.4. The zero-order valence-electron chi connectivity index (χ0n) is 13.1. The lowest BCUT2D eigenvalue weighted by Crippen LogP contribution is -2.38. The average Bonchev–Trinajstić information content (AvgIpc) is 3.06. The van der Waals surface area contributed by atoms with Crippen LogP contribution in [0.2, 0.25) is 0 Å². The van der Waals surface area contributed by atoms with Gasteiger partial charge in [0.15, 0.2) is 0 Å². The third-order valence-corrected chi connectivity index (χ3v) is 3.79. The first-order valence-electron chi connectivity index (χ1n) is 7.48. The van der Waals surface area contributed by atoms with Crippen LogP contribution in [0.1, 0.15) is 21.5 Å². The molecule has 0 fully saturated rings. The number of halogens is 1. The molecule has 24 heavy (non-hydrogen) atoms. The van der Waals surface area contributed by atoms with Crippen LogP contribution in [-0.2, 0) is 0 Å². The molecule has 0 radical (unpaired) electrons. The highest BCUT2D eigenvalue weighted by molar-refractivity contribution is 6.10. The number of nitrogens with zero attached hydrogens (tertiary/aromatic N) is 3. The molecule has 1 N–H and O–H groups in total. The number of hydrogen-bond donors (Lipinski definition) is 1. The van der Waals surface area contributed by atoms with Crippen molar-refractivity contribution in [2.45, 2.75) is 6.92 Å². The standard InChI is InChI=1S/C18H15FN4O/c1-12-2-7-15(19)10-16(12)22-18-21-8-9-23(18)17(24)14-5-3-13(11-20)4-6-14/h2-7,10H,8-9H2,1H3,(H,21,22). The highest BCUT2D eigenvalue weighted by atomic mass is 19.1. The number of aryl methyl sites for hydroxylation is 1. The van der Waals surface area contributed by atoms with Crippen LogP contribution < -0.4 is 5.32 Å². The number of nitrogens with one attached hydrogen (secondary N) is 1. The molecule has 0 unspecified atom stereocenters. The zero-order valence-corrected chi connectivity index (χ0v) is 13.1. The largest absolute Gasteiger partial charge is 0.325 e. The number of rotatable bonds is 2. The molecule has 2 aromatic rings. The van der Waals surface area contributed by atoms with E-state index in [0.717, 1.165) is 5.56 Å². The molecule has 120 valence electrons. The van der Waals surface area contributed by atoms with Gasteiger partial charge in [-0.1, -0.05) is 6.07 Å². The van der Waals surface area contributed by atoms with E-state index in [4.69, 9.17) is 5.26 Å². The van der Waals surface area contributed by atoms with Gasteiger partial charge in [-0.05, 0) is 48.9 Å². The fourth-order valence-corrected chi connectivity index (χ4v) is 2.44. The van der Waals surface area contributed by atoms with Crippen LogP contribution in [0.4, 0.5) is 10.1 Å². The summed E-state index contributed by atoms with van der Waals surface area (Å²) in [5.74, 6) is -0.165. The second-order valence-electron chi connectivity index (χ2n) is 5.44. The van der Waals surface area contributed by atoms with Crippen LogP contribution in [0.5, 0.6) is 0 Å². The summed E-state index contributed by atoms with van der Waals surface area (Å²) >= 11 is 0. The lowest BCUT2D eigenvalue weighted by Gasteiger charge is -2.20. The molecule has 6 heteroatoms. The first-order chi connectivity index (χ1) is 11.6. The summed E-state index contributed by atoms with van der Waals surface area (Å²) in [6.07, 6.45) is 0. The van der Waals surface area contributed by atoms with Gasteiger partial charge in [0.05, 0.1) is 18.2 Å². The number of carbonyl (C=O) groups is 1. The molecular formula is C18H15FN4O. The summed E-state index contributed by atoms with van der Waals surface area (Å²) in [4.78, 5) is 18.5. The minimum atomic E-state index is -0.355. The predicted octanol–water partition coefficient (Wildman–Crippen LogP) is 2.93. The van der Waals surface area contributed by atoms with Gasteiger partial charge < -0.3 is 5.32 Å². The SMILES string of the molecule is Cc1ccc(F)cc1NC1=NCCN1C(=O)c1ccc(C#N)cc1. The van der Waals surface area contributed by atoms with Crippen molar-refractivity contribution in [3.05, 3.63) is 65.0 Å². The maximum Gasteiger partial charge on any atom is 0.260 e. The Morgan fingerprint density at radius 2 is 2.04 bits per heavy atom. The molecular weight excluding hydrogens is 307 g/mol. The summed E-state index contributed by atoms with van der Waals surface area (Å²) in [5.41, 5.74) is 2.40. The molecule has 0 aliphatic carbocycles. The van der Waals surface area contributed by atoms with Crippen LogP contribution in [0, 0.1) is 24.1 Å². The van der Waals surface area contributed by atoms with Gasteiger partial charge in [-0.25, -0.2) is 4.39 Å². The molecule has 2 aromatic carbocycles. The van der Waals surface area contributed by atoms with Crippen molar-refractivity contribution >= 4 is 17.6 Å². The minimum Gasteiger partial charge on any atom is -0.325 e. The third kappa shape index (κ3) is 3.10. The van der Waals surface area contributed by atoms with E-state index in [9.17, 15) is 9.18 Å². The Labute approximate surface area is 139 Å². The van der Waals surface area contributed by atoms with E-state index in [1.807, 2.05) is 13.0 Å². The average molecular weight is 322 g/mol. The highest BCUT2D eigenvalue weighted by Gasteiger charge is 2.25. The molecule has 0 saturated heterocycles. The van der Waals surface area contributed by atoms with Crippen molar-refractivity contribution in [3.63, 3.8) is 0 Å². The maximum absolute atomic E-state index is 13.4.